The number of alkyl halides is 3. The third kappa shape index (κ3) is 7.24. The van der Waals surface area contributed by atoms with Gasteiger partial charge in [0.15, 0.2) is 0 Å². The van der Waals surface area contributed by atoms with E-state index in [9.17, 15) is 23.1 Å². The van der Waals surface area contributed by atoms with Crippen LogP contribution in [0, 0.1) is 0 Å². The predicted octanol–water partition coefficient (Wildman–Crippen LogP) is 5.18. The molecule has 0 aliphatic carbocycles. The van der Waals surface area contributed by atoms with E-state index < -0.39 is 17.7 Å². The van der Waals surface area contributed by atoms with Crippen LogP contribution < -0.4 is 16.4 Å². The standard InChI is InChI=1S/C28H30N4O2.C2HF3O2/c1-19(26-24-17-22(29)9-12-25(24)31-27(26)33)30-23-10-7-20(8-11-23)18-32-15-13-28(34,14-16-32)21-5-3-2-4-6-21;3-2(4,5)1(6)7/h2-12,17,30,34H,13-16,18,29H2,1H3,(H,31,33);(H,6,7). The van der Waals surface area contributed by atoms with Gasteiger partial charge in [0.25, 0.3) is 5.91 Å². The summed E-state index contributed by atoms with van der Waals surface area (Å²) in [5.41, 5.74) is 12.0. The second-order valence-electron chi connectivity index (χ2n) is 10.1. The molecule has 0 atom stereocenters. The third-order valence-corrected chi connectivity index (χ3v) is 7.09. The number of halogens is 3. The van der Waals surface area contributed by atoms with Crippen LogP contribution >= 0.6 is 0 Å². The summed E-state index contributed by atoms with van der Waals surface area (Å²) in [6.45, 7) is 4.46. The van der Waals surface area contributed by atoms with Gasteiger partial charge in [0.1, 0.15) is 0 Å². The summed E-state index contributed by atoms with van der Waals surface area (Å²) in [4.78, 5) is 23.8. The molecule has 0 unspecified atom stereocenters. The zero-order valence-electron chi connectivity index (χ0n) is 22.3. The van der Waals surface area contributed by atoms with Gasteiger partial charge >= 0.3 is 12.1 Å². The van der Waals surface area contributed by atoms with Crippen LogP contribution in [0.25, 0.3) is 5.57 Å². The van der Waals surface area contributed by atoms with Crippen LogP contribution in [0.2, 0.25) is 0 Å². The number of rotatable bonds is 5. The highest BCUT2D eigenvalue weighted by Gasteiger charge is 2.38. The van der Waals surface area contributed by atoms with Crippen LogP contribution in [0.1, 0.15) is 36.5 Å². The minimum atomic E-state index is -5.08. The molecular weight excluding hydrogens is 537 g/mol. The molecule has 2 aliphatic rings. The molecule has 5 rings (SSSR count). The van der Waals surface area contributed by atoms with Gasteiger partial charge in [0, 0.05) is 48.0 Å². The number of hydrogen-bond acceptors (Lipinski definition) is 6. The lowest BCUT2D eigenvalue weighted by Crippen LogP contribution is -2.42. The number of carbonyl (C=O) groups excluding carboxylic acids is 1. The largest absolute Gasteiger partial charge is 0.490 e. The molecule has 1 saturated heterocycles. The van der Waals surface area contributed by atoms with E-state index in [1.807, 2.05) is 61.5 Å². The number of fused-ring (bicyclic) bond motifs is 1. The highest BCUT2D eigenvalue weighted by Crippen LogP contribution is 2.36. The number of hydrogen-bond donors (Lipinski definition) is 5. The summed E-state index contributed by atoms with van der Waals surface area (Å²) in [7, 11) is 0. The maximum Gasteiger partial charge on any atom is 0.490 e. The Bertz CT molecular complexity index is 1430. The van der Waals surface area contributed by atoms with E-state index in [1.54, 1.807) is 6.07 Å². The fourth-order valence-electron chi connectivity index (χ4n) is 4.91. The van der Waals surface area contributed by atoms with Gasteiger partial charge < -0.3 is 26.6 Å². The molecule has 3 aromatic carbocycles. The monoisotopic (exact) mass is 568 g/mol. The number of nitrogen functional groups attached to an aromatic ring is 1. The maximum atomic E-state index is 12.5. The summed E-state index contributed by atoms with van der Waals surface area (Å²) in [5.74, 6) is -2.88. The SMILES string of the molecule is CC(Nc1ccc(CN2CCC(O)(c3ccccc3)CC2)cc1)=C1C(=O)Nc2ccc(N)cc21.O=C(O)C(F)(F)F. The highest BCUT2D eigenvalue weighted by atomic mass is 19.4. The fourth-order valence-corrected chi connectivity index (χ4v) is 4.91. The maximum absolute atomic E-state index is 12.5. The summed E-state index contributed by atoms with van der Waals surface area (Å²) >= 11 is 0. The van der Waals surface area contributed by atoms with Gasteiger partial charge in [-0.25, -0.2) is 4.79 Å². The average Bonchev–Trinajstić information content (AvgIpc) is 3.26. The first kappa shape index (κ1) is 29.6. The van der Waals surface area contributed by atoms with Crippen molar-refractivity contribution >= 4 is 34.5 Å². The van der Waals surface area contributed by atoms with Gasteiger partial charge in [-0.3, -0.25) is 9.69 Å². The van der Waals surface area contributed by atoms with Crippen molar-refractivity contribution in [3.05, 3.63) is 95.2 Å². The first-order chi connectivity index (χ1) is 19.4. The van der Waals surface area contributed by atoms with E-state index in [0.717, 1.165) is 60.7 Å². The summed E-state index contributed by atoms with van der Waals surface area (Å²) < 4.78 is 31.7. The Morgan fingerprint density at radius 3 is 2.24 bits per heavy atom. The van der Waals surface area contributed by atoms with Crippen LogP contribution in [0.5, 0.6) is 0 Å². The van der Waals surface area contributed by atoms with Crippen molar-refractivity contribution in [1.82, 2.24) is 4.90 Å². The van der Waals surface area contributed by atoms with Crippen LogP contribution in [0.3, 0.4) is 0 Å². The Morgan fingerprint density at radius 2 is 1.66 bits per heavy atom. The Hall–Kier alpha value is -4.35. The lowest BCUT2D eigenvalue weighted by molar-refractivity contribution is -0.192. The predicted molar refractivity (Wildman–Crippen MR) is 151 cm³/mol. The number of carboxylic acids is 1. The summed E-state index contributed by atoms with van der Waals surface area (Å²) in [5, 5.41) is 24.4. The van der Waals surface area contributed by atoms with E-state index in [1.165, 1.54) is 5.56 Å². The van der Waals surface area contributed by atoms with E-state index >= 15 is 0 Å². The number of anilines is 3. The molecule has 1 amide bonds. The summed E-state index contributed by atoms with van der Waals surface area (Å²) in [6, 6.07) is 23.7. The van der Waals surface area contributed by atoms with Gasteiger partial charge in [-0.1, -0.05) is 42.5 Å². The smallest absolute Gasteiger partial charge is 0.475 e. The van der Waals surface area contributed by atoms with Crippen molar-refractivity contribution in [3.8, 4) is 0 Å². The number of nitrogens with zero attached hydrogens (tertiary/aromatic N) is 1. The average molecular weight is 569 g/mol. The number of allylic oxidation sites excluding steroid dienone is 1. The Balaban J connectivity index is 0.000000493. The number of piperidine rings is 1. The molecule has 8 nitrogen and oxygen atoms in total. The Labute approximate surface area is 235 Å². The van der Waals surface area contributed by atoms with Crippen LogP contribution in [-0.4, -0.2) is 46.3 Å². The van der Waals surface area contributed by atoms with E-state index in [-0.39, 0.29) is 5.91 Å². The second-order valence-corrected chi connectivity index (χ2v) is 10.1. The molecular formula is C30H31F3N4O4. The lowest BCUT2D eigenvalue weighted by Gasteiger charge is -2.38. The highest BCUT2D eigenvalue weighted by molar-refractivity contribution is 6.32. The molecule has 11 heteroatoms. The zero-order valence-corrected chi connectivity index (χ0v) is 22.3. The molecule has 0 bridgehead atoms. The molecule has 2 aliphatic heterocycles. The van der Waals surface area contributed by atoms with E-state index in [0.29, 0.717) is 11.3 Å². The number of likely N-dealkylation sites (tertiary alicyclic amines) is 1. The molecule has 0 spiro atoms. The number of benzene rings is 3. The first-order valence-electron chi connectivity index (χ1n) is 12.9. The van der Waals surface area contributed by atoms with Crippen LogP contribution in [0.4, 0.5) is 30.2 Å². The number of carbonyl (C=O) groups is 2. The third-order valence-electron chi connectivity index (χ3n) is 7.09. The van der Waals surface area contributed by atoms with E-state index in [4.69, 9.17) is 15.6 Å². The van der Waals surface area contributed by atoms with Crippen molar-refractivity contribution < 1.29 is 33.0 Å². The minimum absolute atomic E-state index is 0.122. The number of nitrogens with one attached hydrogen (secondary N) is 2. The van der Waals surface area contributed by atoms with Crippen molar-refractivity contribution in [2.45, 2.75) is 38.1 Å². The van der Waals surface area contributed by atoms with Gasteiger partial charge in [-0.05, 0) is 61.2 Å². The molecule has 3 aromatic rings. The first-order valence-corrected chi connectivity index (χ1v) is 12.9. The molecule has 2 heterocycles. The fraction of sp³-hybridized carbons (Fsp3) is 0.267. The van der Waals surface area contributed by atoms with Crippen LogP contribution in [-0.2, 0) is 21.7 Å². The van der Waals surface area contributed by atoms with Crippen LogP contribution in [0.15, 0.2) is 78.5 Å². The molecule has 0 aromatic heterocycles. The van der Waals surface area contributed by atoms with Crippen molar-refractivity contribution in [2.24, 2.45) is 0 Å². The number of amides is 1. The molecule has 6 N–H and O–H groups in total. The van der Waals surface area contributed by atoms with Gasteiger partial charge in [-0.15, -0.1) is 0 Å². The Kier molecular flexibility index (Phi) is 8.69. The van der Waals surface area contributed by atoms with Crippen molar-refractivity contribution in [1.29, 1.82) is 0 Å². The normalized spacial score (nSPS) is 17.5. The minimum Gasteiger partial charge on any atom is -0.475 e. The Morgan fingerprint density at radius 1 is 1.05 bits per heavy atom. The number of aliphatic hydroxyl groups is 1. The molecule has 41 heavy (non-hydrogen) atoms. The zero-order chi connectivity index (χ0) is 29.8. The van der Waals surface area contributed by atoms with Gasteiger partial charge in [0.05, 0.1) is 11.2 Å². The summed E-state index contributed by atoms with van der Waals surface area (Å²) in [6.07, 6.45) is -3.62. The number of carboxylic acid groups (broad SMARTS) is 1. The second kappa shape index (κ2) is 12.0. The van der Waals surface area contributed by atoms with E-state index in [2.05, 4.69) is 27.7 Å². The lowest BCUT2D eigenvalue weighted by atomic mass is 9.84. The topological polar surface area (TPSA) is 128 Å². The molecule has 0 radical (unpaired) electrons. The van der Waals surface area contributed by atoms with Gasteiger partial charge in [0.2, 0.25) is 0 Å². The quantitative estimate of drug-likeness (QED) is 0.212. The molecule has 1 fully saturated rings. The van der Waals surface area contributed by atoms with Gasteiger partial charge in [-0.2, -0.15) is 13.2 Å². The molecule has 216 valence electrons. The van der Waals surface area contributed by atoms with Crippen molar-refractivity contribution in [3.63, 3.8) is 0 Å². The van der Waals surface area contributed by atoms with Crippen molar-refractivity contribution in [2.75, 3.05) is 29.5 Å². The molecule has 0 saturated carbocycles. The number of nitrogens with two attached hydrogens (primary N) is 1. The number of aliphatic carboxylic acids is 1.